The van der Waals surface area contributed by atoms with Crippen LogP contribution >= 0.6 is 0 Å². The molecule has 0 radical (unpaired) electrons. The first-order chi connectivity index (χ1) is 11.9. The minimum Gasteiger partial charge on any atom is -0.444 e. The minimum atomic E-state index is -4.82. The molecule has 0 bridgehead atoms. The zero-order chi connectivity index (χ0) is 19.7. The van der Waals surface area contributed by atoms with E-state index in [4.69, 9.17) is 4.74 Å². The van der Waals surface area contributed by atoms with Crippen LogP contribution in [0, 0.1) is 10.1 Å². The molecule has 2 rings (SSSR count). The van der Waals surface area contributed by atoms with Crippen LogP contribution in [0.1, 0.15) is 26.3 Å². The number of anilines is 1. The van der Waals surface area contributed by atoms with Gasteiger partial charge in [0, 0.05) is 26.2 Å². The van der Waals surface area contributed by atoms with Crippen molar-refractivity contribution in [1.82, 2.24) is 4.90 Å². The minimum absolute atomic E-state index is 0.103. The van der Waals surface area contributed by atoms with E-state index in [-0.39, 0.29) is 31.9 Å². The fourth-order valence-corrected chi connectivity index (χ4v) is 2.66. The van der Waals surface area contributed by atoms with Crippen molar-refractivity contribution in [3.05, 3.63) is 33.9 Å². The first-order valence-electron chi connectivity index (χ1n) is 7.97. The van der Waals surface area contributed by atoms with E-state index in [1.54, 1.807) is 20.8 Å². The Balaban J connectivity index is 2.20. The molecular formula is C16H20F3N3O4. The Labute approximate surface area is 148 Å². The summed E-state index contributed by atoms with van der Waals surface area (Å²) in [6, 6.07) is 3.13. The molecule has 0 spiro atoms. The maximum atomic E-state index is 13.1. The maximum absolute atomic E-state index is 13.1. The molecule has 0 N–H and O–H groups in total. The average molecular weight is 375 g/mol. The normalized spacial score (nSPS) is 15.8. The first-order valence-corrected chi connectivity index (χ1v) is 7.97. The summed E-state index contributed by atoms with van der Waals surface area (Å²) in [7, 11) is 0. The summed E-state index contributed by atoms with van der Waals surface area (Å²) < 4.78 is 44.5. The van der Waals surface area contributed by atoms with Crippen LogP contribution in [0.2, 0.25) is 0 Å². The number of para-hydroxylation sites is 1. The zero-order valence-corrected chi connectivity index (χ0v) is 14.7. The highest BCUT2D eigenvalue weighted by Crippen LogP contribution is 2.41. The number of carbonyl (C=O) groups is 1. The lowest BCUT2D eigenvalue weighted by molar-refractivity contribution is -0.387. The maximum Gasteiger partial charge on any atom is 0.423 e. The van der Waals surface area contributed by atoms with Crippen LogP contribution in [0.15, 0.2) is 18.2 Å². The molecule has 1 aliphatic rings. The Kier molecular flexibility index (Phi) is 5.33. The Bertz CT molecular complexity index is 693. The van der Waals surface area contributed by atoms with Gasteiger partial charge in [-0.3, -0.25) is 10.1 Å². The highest BCUT2D eigenvalue weighted by atomic mass is 19.4. The molecule has 144 valence electrons. The molecule has 0 aliphatic carbocycles. The highest BCUT2D eigenvalue weighted by molar-refractivity contribution is 5.70. The lowest BCUT2D eigenvalue weighted by Gasteiger charge is -2.36. The smallest absolute Gasteiger partial charge is 0.423 e. The van der Waals surface area contributed by atoms with Crippen molar-refractivity contribution in [3.63, 3.8) is 0 Å². The van der Waals surface area contributed by atoms with Gasteiger partial charge in [-0.15, -0.1) is 0 Å². The molecule has 1 fully saturated rings. The van der Waals surface area contributed by atoms with Crippen LogP contribution in [0.5, 0.6) is 0 Å². The predicted octanol–water partition coefficient (Wildman–Crippen LogP) is 3.67. The number of carbonyl (C=O) groups excluding carboxylic acids is 1. The van der Waals surface area contributed by atoms with Crippen LogP contribution < -0.4 is 4.90 Å². The number of benzene rings is 1. The van der Waals surface area contributed by atoms with E-state index in [1.807, 2.05) is 0 Å². The number of nitro groups is 1. The number of nitro benzene ring substituents is 1. The fourth-order valence-electron chi connectivity index (χ4n) is 2.66. The van der Waals surface area contributed by atoms with Gasteiger partial charge in [0.2, 0.25) is 0 Å². The topological polar surface area (TPSA) is 75.9 Å². The Morgan fingerprint density at radius 3 is 2.19 bits per heavy atom. The molecule has 10 heteroatoms. The van der Waals surface area contributed by atoms with Gasteiger partial charge in [0.15, 0.2) is 0 Å². The number of hydrogen-bond acceptors (Lipinski definition) is 5. The summed E-state index contributed by atoms with van der Waals surface area (Å²) >= 11 is 0. The standard InChI is InChI=1S/C16H20F3N3O4/c1-15(2,3)26-14(23)21-9-7-20(8-10-21)12-6-4-5-11(16(17,18)19)13(12)22(24)25/h4-6H,7-10H2,1-3H3. The fraction of sp³-hybridized carbons (Fsp3) is 0.562. The van der Waals surface area contributed by atoms with E-state index in [9.17, 15) is 28.1 Å². The van der Waals surface area contributed by atoms with Crippen LogP contribution in [-0.2, 0) is 10.9 Å². The number of nitrogens with zero attached hydrogens (tertiary/aromatic N) is 3. The SMILES string of the molecule is CC(C)(C)OC(=O)N1CCN(c2cccc(C(F)(F)F)c2[N+](=O)[O-])CC1. The molecule has 0 saturated carbocycles. The lowest BCUT2D eigenvalue weighted by atomic mass is 10.1. The van der Waals surface area contributed by atoms with Crippen LogP contribution in [0.25, 0.3) is 0 Å². The van der Waals surface area contributed by atoms with Crippen LogP contribution in [0.3, 0.4) is 0 Å². The van der Waals surface area contributed by atoms with E-state index in [0.717, 1.165) is 6.07 Å². The van der Waals surface area contributed by atoms with Gasteiger partial charge < -0.3 is 14.5 Å². The Morgan fingerprint density at radius 1 is 1.15 bits per heavy atom. The molecule has 1 amide bonds. The molecule has 1 saturated heterocycles. The van der Waals surface area contributed by atoms with E-state index in [1.165, 1.54) is 15.9 Å². The van der Waals surface area contributed by atoms with Gasteiger partial charge in [0.25, 0.3) is 0 Å². The molecule has 0 unspecified atom stereocenters. The van der Waals surface area contributed by atoms with Gasteiger partial charge in [-0.25, -0.2) is 4.79 Å². The number of alkyl halides is 3. The second-order valence-electron chi connectivity index (χ2n) is 6.88. The monoisotopic (exact) mass is 375 g/mol. The molecule has 1 aromatic carbocycles. The molecule has 0 atom stereocenters. The van der Waals surface area contributed by atoms with Crippen molar-refractivity contribution in [3.8, 4) is 0 Å². The van der Waals surface area contributed by atoms with Crippen molar-refractivity contribution in [2.45, 2.75) is 32.5 Å². The quantitative estimate of drug-likeness (QED) is 0.582. The summed E-state index contributed by atoms with van der Waals surface area (Å²) in [6.45, 7) is 5.92. The van der Waals surface area contributed by atoms with E-state index < -0.39 is 34.0 Å². The molecule has 1 aliphatic heterocycles. The van der Waals surface area contributed by atoms with Crippen molar-refractivity contribution in [1.29, 1.82) is 0 Å². The third-order valence-corrected chi connectivity index (χ3v) is 3.77. The number of hydrogen-bond donors (Lipinski definition) is 0. The first kappa shape index (κ1) is 19.8. The summed E-state index contributed by atoms with van der Waals surface area (Å²) in [6.07, 6.45) is -5.34. The number of rotatable bonds is 2. The summed E-state index contributed by atoms with van der Waals surface area (Å²) in [4.78, 5) is 25.2. The van der Waals surface area contributed by atoms with Crippen molar-refractivity contribution in [2.75, 3.05) is 31.1 Å². The third kappa shape index (κ3) is 4.55. The second kappa shape index (κ2) is 7.00. The van der Waals surface area contributed by atoms with Crippen LogP contribution in [-0.4, -0.2) is 47.7 Å². The highest BCUT2D eigenvalue weighted by Gasteiger charge is 2.41. The summed E-state index contributed by atoms with van der Waals surface area (Å²) in [5.41, 5.74) is -3.01. The predicted molar refractivity (Wildman–Crippen MR) is 88.1 cm³/mol. The van der Waals surface area contributed by atoms with Crippen LogP contribution in [0.4, 0.5) is 29.3 Å². The molecule has 26 heavy (non-hydrogen) atoms. The van der Waals surface area contributed by atoms with Gasteiger partial charge in [-0.05, 0) is 32.9 Å². The summed E-state index contributed by atoms with van der Waals surface area (Å²) in [5.74, 6) is 0. The molecule has 0 aromatic heterocycles. The van der Waals surface area contributed by atoms with E-state index in [0.29, 0.717) is 6.07 Å². The molecular weight excluding hydrogens is 355 g/mol. The molecule has 7 nitrogen and oxygen atoms in total. The van der Waals surface area contributed by atoms with Gasteiger partial charge in [-0.1, -0.05) is 6.07 Å². The van der Waals surface area contributed by atoms with Gasteiger partial charge in [0.05, 0.1) is 4.92 Å². The number of ether oxygens (including phenoxy) is 1. The molecule has 1 aromatic rings. The Morgan fingerprint density at radius 2 is 1.73 bits per heavy atom. The van der Waals surface area contributed by atoms with Crippen molar-refractivity contribution < 1.29 is 27.6 Å². The number of piperazine rings is 1. The van der Waals surface area contributed by atoms with Gasteiger partial charge >= 0.3 is 18.0 Å². The molecule has 1 heterocycles. The lowest BCUT2D eigenvalue weighted by Crippen LogP contribution is -2.50. The van der Waals surface area contributed by atoms with Crippen molar-refractivity contribution in [2.24, 2.45) is 0 Å². The third-order valence-electron chi connectivity index (χ3n) is 3.77. The average Bonchev–Trinajstić information content (AvgIpc) is 2.51. The Hall–Kier alpha value is -2.52. The van der Waals surface area contributed by atoms with Gasteiger partial charge in [0.1, 0.15) is 16.9 Å². The van der Waals surface area contributed by atoms with E-state index in [2.05, 4.69) is 0 Å². The van der Waals surface area contributed by atoms with Gasteiger partial charge in [-0.2, -0.15) is 13.2 Å². The largest absolute Gasteiger partial charge is 0.444 e. The second-order valence-corrected chi connectivity index (χ2v) is 6.88. The number of amides is 1. The van der Waals surface area contributed by atoms with Crippen molar-refractivity contribution >= 4 is 17.5 Å². The number of halogens is 3. The zero-order valence-electron chi connectivity index (χ0n) is 14.7. The summed E-state index contributed by atoms with van der Waals surface area (Å²) in [5, 5.41) is 11.3. The van der Waals surface area contributed by atoms with E-state index >= 15 is 0 Å².